The molecule has 0 atom stereocenters. The molecule has 1 heterocycles. The molecule has 1 aromatic carbocycles. The molecule has 3 heteroatoms. The van der Waals surface area contributed by atoms with Crippen LogP contribution in [0.3, 0.4) is 0 Å². The third-order valence-electron chi connectivity index (χ3n) is 2.51. The molecule has 0 radical (unpaired) electrons. The number of aryl methyl sites for hydroxylation is 1. The van der Waals surface area contributed by atoms with E-state index in [1.54, 1.807) is 6.20 Å². The molecule has 1 aromatic heterocycles. The average molecular weight is 214 g/mol. The molecule has 0 amide bonds. The summed E-state index contributed by atoms with van der Waals surface area (Å²) in [5, 5.41) is 0. The smallest absolute Gasteiger partial charge is 0.270 e. The largest absolute Gasteiger partial charge is 0.323 e. The van der Waals surface area contributed by atoms with E-state index in [2.05, 4.69) is 9.97 Å². The fraction of sp³-hybridized carbons (Fsp3) is 0.231. The van der Waals surface area contributed by atoms with Gasteiger partial charge in [-0.05, 0) is 12.0 Å². The molecule has 0 saturated carbocycles. The molecule has 0 aliphatic carbocycles. The van der Waals surface area contributed by atoms with Crippen LogP contribution in [-0.4, -0.2) is 9.97 Å². The summed E-state index contributed by atoms with van der Waals surface area (Å²) in [5.41, 5.74) is 2.47. The second-order valence-corrected chi connectivity index (χ2v) is 3.70. The van der Waals surface area contributed by atoms with Gasteiger partial charge >= 0.3 is 0 Å². The average Bonchev–Trinajstić information content (AvgIpc) is 2.33. The quantitative estimate of drug-likeness (QED) is 0.848. The highest BCUT2D eigenvalue weighted by Gasteiger charge is 2.03. The molecule has 0 unspecified atom stereocenters. The van der Waals surface area contributed by atoms with Gasteiger partial charge in [-0.15, -0.1) is 0 Å². The van der Waals surface area contributed by atoms with Crippen molar-refractivity contribution in [3.05, 3.63) is 63.8 Å². The second-order valence-electron chi connectivity index (χ2n) is 3.70. The van der Waals surface area contributed by atoms with E-state index in [4.69, 9.17) is 0 Å². The summed E-state index contributed by atoms with van der Waals surface area (Å²) in [5.74, 6) is 0. The van der Waals surface area contributed by atoms with E-state index in [1.165, 1.54) is 0 Å². The Morgan fingerprint density at radius 3 is 2.62 bits per heavy atom. The highest BCUT2D eigenvalue weighted by atomic mass is 16.1. The van der Waals surface area contributed by atoms with Crippen molar-refractivity contribution in [2.45, 2.75) is 19.8 Å². The zero-order chi connectivity index (χ0) is 11.4. The lowest BCUT2D eigenvalue weighted by Crippen LogP contribution is -2.16. The van der Waals surface area contributed by atoms with Crippen molar-refractivity contribution >= 4 is 0 Å². The molecule has 82 valence electrons. The number of hydrogen-bond donors (Lipinski definition) is 1. The summed E-state index contributed by atoms with van der Waals surface area (Å²) in [6, 6.07) is 9.87. The molecule has 2 aromatic rings. The fourth-order valence-electron chi connectivity index (χ4n) is 1.56. The Kier molecular flexibility index (Phi) is 3.15. The summed E-state index contributed by atoms with van der Waals surface area (Å²) in [4.78, 5) is 18.7. The lowest BCUT2D eigenvalue weighted by atomic mass is 10.1. The van der Waals surface area contributed by atoms with E-state index >= 15 is 0 Å². The minimum atomic E-state index is -0.0804. The van der Waals surface area contributed by atoms with Gasteiger partial charge in [-0.2, -0.15) is 0 Å². The van der Waals surface area contributed by atoms with Crippen LogP contribution in [-0.2, 0) is 12.8 Å². The van der Waals surface area contributed by atoms with Crippen molar-refractivity contribution in [2.24, 2.45) is 0 Å². The molecule has 3 nitrogen and oxygen atoms in total. The number of H-pyrrole nitrogens is 1. The van der Waals surface area contributed by atoms with Gasteiger partial charge in [0.25, 0.3) is 5.56 Å². The Bertz CT molecular complexity index is 517. The van der Waals surface area contributed by atoms with Gasteiger partial charge < -0.3 is 4.98 Å². The zero-order valence-corrected chi connectivity index (χ0v) is 9.23. The van der Waals surface area contributed by atoms with Crippen LogP contribution in [0.4, 0.5) is 0 Å². The monoisotopic (exact) mass is 214 g/mol. The number of aromatic amines is 1. The summed E-state index contributed by atoms with van der Waals surface area (Å²) < 4.78 is 0. The zero-order valence-electron chi connectivity index (χ0n) is 9.23. The van der Waals surface area contributed by atoms with Crippen molar-refractivity contribution in [1.82, 2.24) is 9.97 Å². The molecule has 16 heavy (non-hydrogen) atoms. The maximum Gasteiger partial charge on any atom is 0.270 e. The third kappa shape index (κ3) is 2.37. The molecule has 0 saturated heterocycles. The summed E-state index contributed by atoms with van der Waals surface area (Å²) in [6.45, 7) is 1.99. The van der Waals surface area contributed by atoms with Crippen LogP contribution in [0.25, 0.3) is 0 Å². The lowest BCUT2D eigenvalue weighted by Gasteiger charge is -2.01. The molecule has 0 bridgehead atoms. The maximum atomic E-state index is 11.7. The van der Waals surface area contributed by atoms with Crippen molar-refractivity contribution in [1.29, 1.82) is 0 Å². The van der Waals surface area contributed by atoms with Crippen LogP contribution < -0.4 is 5.56 Å². The fourth-order valence-corrected chi connectivity index (χ4v) is 1.56. The molecule has 0 aliphatic rings. The van der Waals surface area contributed by atoms with Gasteiger partial charge in [0, 0.05) is 18.3 Å². The number of nitrogens with one attached hydrogen (secondary N) is 1. The van der Waals surface area contributed by atoms with E-state index in [0.717, 1.165) is 17.7 Å². The number of rotatable bonds is 3. The number of aromatic nitrogens is 2. The van der Waals surface area contributed by atoms with Gasteiger partial charge in [-0.3, -0.25) is 9.78 Å². The van der Waals surface area contributed by atoms with Crippen molar-refractivity contribution in [2.75, 3.05) is 0 Å². The lowest BCUT2D eigenvalue weighted by molar-refractivity contribution is 0.918. The van der Waals surface area contributed by atoms with E-state index in [0.29, 0.717) is 12.1 Å². The summed E-state index contributed by atoms with van der Waals surface area (Å²) in [7, 11) is 0. The molecule has 0 fully saturated rings. The second kappa shape index (κ2) is 4.75. The van der Waals surface area contributed by atoms with Gasteiger partial charge in [-0.1, -0.05) is 37.3 Å². The predicted octanol–water partition coefficient (Wildman–Crippen LogP) is 1.92. The Hall–Kier alpha value is -1.90. The first-order valence-corrected chi connectivity index (χ1v) is 5.40. The van der Waals surface area contributed by atoms with Gasteiger partial charge in [0.2, 0.25) is 0 Å². The van der Waals surface area contributed by atoms with E-state index in [1.807, 2.05) is 37.3 Å². The molecule has 0 spiro atoms. The van der Waals surface area contributed by atoms with E-state index in [9.17, 15) is 4.79 Å². The Morgan fingerprint density at radius 2 is 2.00 bits per heavy atom. The SMILES string of the molecule is CCc1cnc(Cc2ccccc2)c(=O)[nH]1. The van der Waals surface area contributed by atoms with Gasteiger partial charge in [0.05, 0.1) is 0 Å². The molecule has 1 N–H and O–H groups in total. The highest BCUT2D eigenvalue weighted by Crippen LogP contribution is 2.03. The van der Waals surface area contributed by atoms with Gasteiger partial charge in [0.1, 0.15) is 5.69 Å². The van der Waals surface area contributed by atoms with Crippen LogP contribution >= 0.6 is 0 Å². The van der Waals surface area contributed by atoms with Crippen LogP contribution in [0.2, 0.25) is 0 Å². The minimum absolute atomic E-state index is 0.0804. The van der Waals surface area contributed by atoms with E-state index < -0.39 is 0 Å². The van der Waals surface area contributed by atoms with Crippen LogP contribution in [0.5, 0.6) is 0 Å². The molecule has 0 aliphatic heterocycles. The molecule has 2 rings (SSSR count). The first-order chi connectivity index (χ1) is 7.79. The molecular formula is C13H14N2O. The van der Waals surface area contributed by atoms with Crippen LogP contribution in [0.15, 0.2) is 41.3 Å². The summed E-state index contributed by atoms with van der Waals surface area (Å²) in [6.07, 6.45) is 3.12. The standard InChI is InChI=1S/C13H14N2O/c1-2-11-9-14-12(13(16)15-11)8-10-6-4-3-5-7-10/h3-7,9H,2,8H2,1H3,(H,15,16). The third-order valence-corrected chi connectivity index (χ3v) is 2.51. The molecular weight excluding hydrogens is 200 g/mol. The topological polar surface area (TPSA) is 45.8 Å². The highest BCUT2D eigenvalue weighted by molar-refractivity contribution is 5.20. The Labute approximate surface area is 94.2 Å². The maximum absolute atomic E-state index is 11.7. The van der Waals surface area contributed by atoms with E-state index in [-0.39, 0.29) is 5.56 Å². The Morgan fingerprint density at radius 1 is 1.25 bits per heavy atom. The van der Waals surface area contributed by atoms with Crippen LogP contribution in [0.1, 0.15) is 23.9 Å². The van der Waals surface area contributed by atoms with Crippen molar-refractivity contribution in [3.8, 4) is 0 Å². The first-order valence-electron chi connectivity index (χ1n) is 5.40. The number of hydrogen-bond acceptors (Lipinski definition) is 2. The van der Waals surface area contributed by atoms with Gasteiger partial charge in [0.15, 0.2) is 0 Å². The predicted molar refractivity (Wildman–Crippen MR) is 63.5 cm³/mol. The number of nitrogens with zero attached hydrogens (tertiary/aromatic N) is 1. The summed E-state index contributed by atoms with van der Waals surface area (Å²) >= 11 is 0. The van der Waals surface area contributed by atoms with Gasteiger partial charge in [-0.25, -0.2) is 0 Å². The first kappa shape index (κ1) is 10.6. The minimum Gasteiger partial charge on any atom is -0.323 e. The van der Waals surface area contributed by atoms with Crippen molar-refractivity contribution < 1.29 is 0 Å². The normalized spacial score (nSPS) is 10.3. The van der Waals surface area contributed by atoms with Crippen molar-refractivity contribution in [3.63, 3.8) is 0 Å². The number of benzene rings is 1. The Balaban J connectivity index is 2.26. The van der Waals surface area contributed by atoms with Crippen LogP contribution in [0, 0.1) is 0 Å².